The molecule has 112 valence electrons. The number of thioether (sulfide) groups is 1. The van der Waals surface area contributed by atoms with Crippen LogP contribution in [0.25, 0.3) is 0 Å². The third-order valence-electron chi connectivity index (χ3n) is 3.23. The van der Waals surface area contributed by atoms with Gasteiger partial charge in [0.2, 0.25) is 11.0 Å². The molecule has 0 bridgehead atoms. The Morgan fingerprint density at radius 3 is 3.19 bits per heavy atom. The van der Waals surface area contributed by atoms with E-state index in [1.54, 1.807) is 25.1 Å². The van der Waals surface area contributed by atoms with Crippen LogP contribution in [0.2, 0.25) is 0 Å². The average Bonchev–Trinajstić information content (AvgIpc) is 3.23. The lowest BCUT2D eigenvalue weighted by Gasteiger charge is -2.07. The maximum absolute atomic E-state index is 5.25. The van der Waals surface area contributed by atoms with Gasteiger partial charge in [0.1, 0.15) is 0 Å². The minimum Gasteiger partial charge on any atom is -0.481 e. The number of hydrogen-bond donors (Lipinski definition) is 1. The van der Waals surface area contributed by atoms with Crippen molar-refractivity contribution in [1.82, 2.24) is 30.5 Å². The van der Waals surface area contributed by atoms with Crippen molar-refractivity contribution in [1.29, 1.82) is 0 Å². The molecule has 1 aliphatic rings. The van der Waals surface area contributed by atoms with Crippen molar-refractivity contribution in [3.05, 3.63) is 23.9 Å². The first-order valence-corrected chi connectivity index (χ1v) is 7.95. The van der Waals surface area contributed by atoms with Gasteiger partial charge >= 0.3 is 0 Å². The molecule has 3 rings (SSSR count). The van der Waals surface area contributed by atoms with Gasteiger partial charge < -0.3 is 10.1 Å². The van der Waals surface area contributed by atoms with Crippen LogP contribution in [0, 0.1) is 0 Å². The van der Waals surface area contributed by atoms with E-state index >= 15 is 0 Å². The molecule has 0 radical (unpaired) electrons. The molecule has 2 aromatic heterocycles. The lowest BCUT2D eigenvalue weighted by Crippen LogP contribution is -2.22. The summed E-state index contributed by atoms with van der Waals surface area (Å²) in [4.78, 5) is 4.19. The van der Waals surface area contributed by atoms with Crippen LogP contribution in [0.5, 0.6) is 5.88 Å². The molecule has 0 saturated heterocycles. The quantitative estimate of drug-likeness (QED) is 0.732. The molecular weight excluding hydrogens is 288 g/mol. The molecule has 1 aliphatic carbocycles. The highest BCUT2D eigenvalue weighted by atomic mass is 32.2. The molecule has 0 aromatic carbocycles. The van der Waals surface area contributed by atoms with Crippen LogP contribution >= 0.6 is 11.8 Å². The van der Waals surface area contributed by atoms with Gasteiger partial charge in [0.15, 0.2) is 0 Å². The number of nitrogens with zero attached hydrogens (tertiary/aromatic N) is 5. The van der Waals surface area contributed by atoms with Gasteiger partial charge in [-0.3, -0.25) is 0 Å². The van der Waals surface area contributed by atoms with Gasteiger partial charge in [0.05, 0.1) is 13.7 Å². The SMILES string of the molecule is COc1ncccc1CSc1nnnn1CCNC1CC1. The van der Waals surface area contributed by atoms with E-state index in [0.717, 1.165) is 29.6 Å². The maximum atomic E-state index is 5.25. The smallest absolute Gasteiger partial charge is 0.217 e. The molecule has 0 amide bonds. The molecular formula is C13H18N6OS. The summed E-state index contributed by atoms with van der Waals surface area (Å²) in [6.07, 6.45) is 4.30. The third kappa shape index (κ3) is 3.92. The Balaban J connectivity index is 1.55. The van der Waals surface area contributed by atoms with Crippen molar-refractivity contribution in [2.24, 2.45) is 0 Å². The van der Waals surface area contributed by atoms with E-state index in [9.17, 15) is 0 Å². The van der Waals surface area contributed by atoms with Crippen LogP contribution in [0.1, 0.15) is 18.4 Å². The lowest BCUT2D eigenvalue weighted by molar-refractivity contribution is 0.394. The third-order valence-corrected chi connectivity index (χ3v) is 4.24. The van der Waals surface area contributed by atoms with Crippen LogP contribution < -0.4 is 10.1 Å². The molecule has 1 N–H and O–H groups in total. The molecule has 0 aliphatic heterocycles. The Morgan fingerprint density at radius 2 is 2.38 bits per heavy atom. The molecule has 1 saturated carbocycles. The van der Waals surface area contributed by atoms with Gasteiger partial charge in [-0.05, 0) is 29.3 Å². The number of pyridine rings is 1. The lowest BCUT2D eigenvalue weighted by atomic mass is 10.3. The van der Waals surface area contributed by atoms with Crippen LogP contribution in [0.15, 0.2) is 23.5 Å². The normalized spacial score (nSPS) is 14.3. The minimum absolute atomic E-state index is 0.652. The van der Waals surface area contributed by atoms with Crippen molar-refractivity contribution in [2.75, 3.05) is 13.7 Å². The number of nitrogens with one attached hydrogen (secondary N) is 1. The monoisotopic (exact) mass is 306 g/mol. The Kier molecular flexibility index (Phi) is 4.66. The Bertz CT molecular complexity index is 586. The van der Waals surface area contributed by atoms with E-state index < -0.39 is 0 Å². The molecule has 2 heterocycles. The van der Waals surface area contributed by atoms with E-state index in [1.165, 1.54) is 12.8 Å². The van der Waals surface area contributed by atoms with Gasteiger partial charge in [0.25, 0.3) is 0 Å². The molecule has 0 spiro atoms. The number of aromatic nitrogens is 5. The molecule has 7 nitrogen and oxygen atoms in total. The highest BCUT2D eigenvalue weighted by Gasteiger charge is 2.20. The molecule has 8 heteroatoms. The summed E-state index contributed by atoms with van der Waals surface area (Å²) >= 11 is 1.59. The first kappa shape index (κ1) is 14.3. The van der Waals surface area contributed by atoms with Gasteiger partial charge in [-0.2, -0.15) is 0 Å². The molecule has 21 heavy (non-hydrogen) atoms. The number of rotatable bonds is 8. The molecule has 0 unspecified atom stereocenters. The van der Waals surface area contributed by atoms with Crippen LogP contribution in [-0.2, 0) is 12.3 Å². The number of ether oxygens (including phenoxy) is 1. The van der Waals surface area contributed by atoms with E-state index in [0.29, 0.717) is 11.9 Å². The Labute approximate surface area is 127 Å². The van der Waals surface area contributed by atoms with Crippen LogP contribution in [-0.4, -0.2) is 44.9 Å². The fourth-order valence-electron chi connectivity index (χ4n) is 1.96. The highest BCUT2D eigenvalue weighted by molar-refractivity contribution is 7.98. The van der Waals surface area contributed by atoms with Gasteiger partial charge in [-0.15, -0.1) is 5.10 Å². The summed E-state index contributed by atoms with van der Waals surface area (Å²) in [7, 11) is 1.63. The predicted molar refractivity (Wildman–Crippen MR) is 79.2 cm³/mol. The van der Waals surface area contributed by atoms with E-state index in [1.807, 2.05) is 16.8 Å². The zero-order chi connectivity index (χ0) is 14.5. The van der Waals surface area contributed by atoms with E-state index in [2.05, 4.69) is 25.8 Å². The minimum atomic E-state index is 0.652. The van der Waals surface area contributed by atoms with E-state index in [4.69, 9.17) is 4.74 Å². The topological polar surface area (TPSA) is 77.8 Å². The van der Waals surface area contributed by atoms with Gasteiger partial charge in [-0.25, -0.2) is 9.67 Å². The predicted octanol–water partition coefficient (Wildman–Crippen LogP) is 1.12. The first-order chi connectivity index (χ1) is 10.4. The fraction of sp³-hybridized carbons (Fsp3) is 0.538. The standard InChI is InChI=1S/C13H18N6OS/c1-20-12-10(3-2-6-15-12)9-21-13-16-17-18-19(13)8-7-14-11-4-5-11/h2-3,6,11,14H,4-5,7-9H2,1H3. The number of methoxy groups -OCH3 is 1. The second-order valence-electron chi connectivity index (χ2n) is 4.87. The summed E-state index contributed by atoms with van der Waals surface area (Å²) in [5, 5.41) is 16.1. The van der Waals surface area contributed by atoms with Gasteiger partial charge in [-0.1, -0.05) is 17.8 Å². The van der Waals surface area contributed by atoms with Crippen molar-refractivity contribution >= 4 is 11.8 Å². The maximum Gasteiger partial charge on any atom is 0.217 e. The van der Waals surface area contributed by atoms with E-state index in [-0.39, 0.29) is 0 Å². The largest absolute Gasteiger partial charge is 0.481 e. The zero-order valence-electron chi connectivity index (χ0n) is 11.9. The van der Waals surface area contributed by atoms with Gasteiger partial charge in [0, 0.05) is 30.1 Å². The second-order valence-corrected chi connectivity index (χ2v) is 5.82. The van der Waals surface area contributed by atoms with Crippen molar-refractivity contribution in [2.45, 2.75) is 36.3 Å². The summed E-state index contributed by atoms with van der Waals surface area (Å²) < 4.78 is 7.09. The molecule has 2 aromatic rings. The average molecular weight is 306 g/mol. The zero-order valence-corrected chi connectivity index (χ0v) is 12.7. The Morgan fingerprint density at radius 1 is 1.48 bits per heavy atom. The fourth-order valence-corrected chi connectivity index (χ4v) is 2.84. The summed E-state index contributed by atoms with van der Waals surface area (Å²) in [5.41, 5.74) is 1.04. The van der Waals surface area contributed by atoms with Crippen molar-refractivity contribution in [3.63, 3.8) is 0 Å². The van der Waals surface area contributed by atoms with Crippen molar-refractivity contribution < 1.29 is 4.74 Å². The first-order valence-electron chi connectivity index (χ1n) is 6.97. The van der Waals surface area contributed by atoms with Crippen molar-refractivity contribution in [3.8, 4) is 5.88 Å². The molecule has 0 atom stereocenters. The Hall–Kier alpha value is -1.67. The second kappa shape index (κ2) is 6.86. The number of hydrogen-bond acceptors (Lipinski definition) is 7. The van der Waals surface area contributed by atoms with Crippen LogP contribution in [0.4, 0.5) is 0 Å². The molecule has 1 fully saturated rings. The summed E-state index contributed by atoms with van der Waals surface area (Å²) in [6, 6.07) is 4.61. The summed E-state index contributed by atoms with van der Waals surface area (Å²) in [5.74, 6) is 1.38. The summed E-state index contributed by atoms with van der Waals surface area (Å²) in [6.45, 7) is 1.69. The highest BCUT2D eigenvalue weighted by Crippen LogP contribution is 2.24. The van der Waals surface area contributed by atoms with Crippen LogP contribution in [0.3, 0.4) is 0 Å². The number of tetrazole rings is 1.